The van der Waals surface area contributed by atoms with Gasteiger partial charge in [0, 0.05) is 31.1 Å². The van der Waals surface area contributed by atoms with Crippen molar-refractivity contribution in [3.05, 3.63) is 40.5 Å². The predicted molar refractivity (Wildman–Crippen MR) is 126 cm³/mol. The fourth-order valence-electron chi connectivity index (χ4n) is 4.11. The van der Waals surface area contributed by atoms with E-state index in [0.717, 1.165) is 68.0 Å². The Morgan fingerprint density at radius 3 is 2.33 bits per heavy atom. The molecule has 1 aromatic carbocycles. The SMILES string of the molecule is CCN(CC)Cc1nc(N2CCN(c3ccccc3O)CC2)c2c(C)c(C)sc2n1. The first-order valence-corrected chi connectivity index (χ1v) is 11.6. The van der Waals surface area contributed by atoms with Crippen LogP contribution in [0.3, 0.4) is 0 Å². The van der Waals surface area contributed by atoms with Crippen molar-refractivity contribution in [3.63, 3.8) is 0 Å². The number of thiophene rings is 1. The number of fused-ring (bicyclic) bond motifs is 1. The molecule has 1 aliphatic heterocycles. The summed E-state index contributed by atoms with van der Waals surface area (Å²) in [5.74, 6) is 2.33. The molecule has 1 aliphatic rings. The number of aryl methyl sites for hydroxylation is 2. The third-order valence-corrected chi connectivity index (χ3v) is 7.22. The second-order valence-electron chi connectivity index (χ2n) is 7.85. The van der Waals surface area contributed by atoms with Gasteiger partial charge in [-0.15, -0.1) is 11.3 Å². The number of piperazine rings is 1. The Morgan fingerprint density at radius 2 is 1.67 bits per heavy atom. The van der Waals surface area contributed by atoms with Crippen LogP contribution in [-0.2, 0) is 6.54 Å². The highest BCUT2D eigenvalue weighted by Crippen LogP contribution is 2.36. The number of para-hydroxylation sites is 2. The van der Waals surface area contributed by atoms with E-state index in [9.17, 15) is 5.11 Å². The zero-order chi connectivity index (χ0) is 21.3. The summed E-state index contributed by atoms with van der Waals surface area (Å²) < 4.78 is 0. The fraction of sp³-hybridized carbons (Fsp3) is 0.478. The lowest BCUT2D eigenvalue weighted by molar-refractivity contribution is 0.288. The topological polar surface area (TPSA) is 55.7 Å². The molecule has 1 N–H and O–H groups in total. The highest BCUT2D eigenvalue weighted by Gasteiger charge is 2.24. The van der Waals surface area contributed by atoms with E-state index >= 15 is 0 Å². The van der Waals surface area contributed by atoms with Crippen LogP contribution in [0, 0.1) is 13.8 Å². The molecule has 0 aliphatic carbocycles. The second kappa shape index (κ2) is 8.78. The normalized spacial score (nSPS) is 14.8. The monoisotopic (exact) mass is 425 g/mol. The lowest BCUT2D eigenvalue weighted by Crippen LogP contribution is -2.47. The number of nitrogens with zero attached hydrogens (tertiary/aromatic N) is 5. The van der Waals surface area contributed by atoms with E-state index in [2.05, 4.69) is 42.4 Å². The molecule has 0 radical (unpaired) electrons. The number of hydrogen-bond acceptors (Lipinski definition) is 7. The van der Waals surface area contributed by atoms with Crippen LogP contribution >= 0.6 is 11.3 Å². The summed E-state index contributed by atoms with van der Waals surface area (Å²) in [6.07, 6.45) is 0. The number of phenols is 1. The van der Waals surface area contributed by atoms with Gasteiger partial charge < -0.3 is 14.9 Å². The standard InChI is InChI=1S/C23H31N5OS/c1-5-26(6-2)15-20-24-22(21-16(3)17(4)30-23(21)25-20)28-13-11-27(12-14-28)18-9-7-8-10-19(18)29/h7-10,29H,5-6,11-15H2,1-4H3. The van der Waals surface area contributed by atoms with Crippen LogP contribution in [-0.4, -0.2) is 59.2 Å². The summed E-state index contributed by atoms with van der Waals surface area (Å²) in [5, 5.41) is 11.4. The minimum Gasteiger partial charge on any atom is -0.506 e. The number of benzene rings is 1. The van der Waals surface area contributed by atoms with Gasteiger partial charge in [0.05, 0.1) is 17.6 Å². The highest BCUT2D eigenvalue weighted by atomic mass is 32.1. The quantitative estimate of drug-likeness (QED) is 0.639. The van der Waals surface area contributed by atoms with E-state index in [-0.39, 0.29) is 0 Å². The van der Waals surface area contributed by atoms with E-state index in [1.807, 2.05) is 18.2 Å². The number of anilines is 2. The summed E-state index contributed by atoms with van der Waals surface area (Å²) in [5.41, 5.74) is 2.21. The maximum Gasteiger partial charge on any atom is 0.146 e. The van der Waals surface area contributed by atoms with Crippen molar-refractivity contribution < 1.29 is 5.11 Å². The van der Waals surface area contributed by atoms with Crippen molar-refractivity contribution in [2.45, 2.75) is 34.2 Å². The maximum atomic E-state index is 10.2. The number of aromatic hydroxyl groups is 1. The van der Waals surface area contributed by atoms with Crippen LogP contribution in [0.5, 0.6) is 5.75 Å². The van der Waals surface area contributed by atoms with Crippen LogP contribution in [0.2, 0.25) is 0 Å². The number of rotatable bonds is 6. The van der Waals surface area contributed by atoms with Crippen molar-refractivity contribution in [1.82, 2.24) is 14.9 Å². The van der Waals surface area contributed by atoms with Crippen LogP contribution in [0.15, 0.2) is 24.3 Å². The van der Waals surface area contributed by atoms with Gasteiger partial charge in [-0.2, -0.15) is 0 Å². The average Bonchev–Trinajstić information content (AvgIpc) is 3.05. The lowest BCUT2D eigenvalue weighted by Gasteiger charge is -2.37. The molecule has 0 atom stereocenters. The molecule has 7 heteroatoms. The molecule has 1 saturated heterocycles. The molecule has 6 nitrogen and oxygen atoms in total. The summed E-state index contributed by atoms with van der Waals surface area (Å²) in [6, 6.07) is 7.59. The molecule has 0 amide bonds. The average molecular weight is 426 g/mol. The van der Waals surface area contributed by atoms with Gasteiger partial charge in [-0.3, -0.25) is 4.90 Å². The van der Waals surface area contributed by atoms with Gasteiger partial charge in [-0.25, -0.2) is 9.97 Å². The summed E-state index contributed by atoms with van der Waals surface area (Å²) in [7, 11) is 0. The van der Waals surface area contributed by atoms with Crippen molar-refractivity contribution in [1.29, 1.82) is 0 Å². The first-order chi connectivity index (χ1) is 14.5. The highest BCUT2D eigenvalue weighted by molar-refractivity contribution is 7.18. The zero-order valence-electron chi connectivity index (χ0n) is 18.4. The van der Waals surface area contributed by atoms with E-state index in [4.69, 9.17) is 9.97 Å². The maximum absolute atomic E-state index is 10.2. The summed E-state index contributed by atoms with van der Waals surface area (Å²) in [6.45, 7) is 15.0. The first kappa shape index (κ1) is 20.9. The molecule has 2 aromatic heterocycles. The van der Waals surface area contributed by atoms with Crippen LogP contribution in [0.25, 0.3) is 10.2 Å². The molecule has 30 heavy (non-hydrogen) atoms. The summed E-state index contributed by atoms with van der Waals surface area (Å²) in [4.78, 5) is 19.4. The zero-order valence-corrected chi connectivity index (χ0v) is 19.2. The molecule has 3 aromatic rings. The van der Waals surface area contributed by atoms with E-state index in [1.54, 1.807) is 17.4 Å². The van der Waals surface area contributed by atoms with Gasteiger partial charge in [0.2, 0.25) is 0 Å². The molecule has 0 unspecified atom stereocenters. The van der Waals surface area contributed by atoms with Gasteiger partial charge in [-0.1, -0.05) is 26.0 Å². The first-order valence-electron chi connectivity index (χ1n) is 10.8. The number of hydrogen-bond donors (Lipinski definition) is 1. The Kier molecular flexibility index (Phi) is 6.11. The minimum atomic E-state index is 0.348. The third-order valence-electron chi connectivity index (χ3n) is 6.12. The smallest absolute Gasteiger partial charge is 0.146 e. The van der Waals surface area contributed by atoms with Gasteiger partial charge in [0.1, 0.15) is 22.2 Å². The molecule has 1 fully saturated rings. The van der Waals surface area contributed by atoms with E-state index in [0.29, 0.717) is 5.75 Å². The van der Waals surface area contributed by atoms with Gasteiger partial charge >= 0.3 is 0 Å². The lowest BCUT2D eigenvalue weighted by atomic mass is 10.1. The van der Waals surface area contributed by atoms with Crippen molar-refractivity contribution in [2.24, 2.45) is 0 Å². The second-order valence-corrected chi connectivity index (χ2v) is 9.05. The van der Waals surface area contributed by atoms with Crippen molar-refractivity contribution in [2.75, 3.05) is 49.1 Å². The van der Waals surface area contributed by atoms with E-state index in [1.165, 1.54) is 15.8 Å². The Morgan fingerprint density at radius 1 is 1.00 bits per heavy atom. The van der Waals surface area contributed by atoms with Crippen molar-refractivity contribution in [3.8, 4) is 5.75 Å². The molecular weight excluding hydrogens is 394 g/mol. The van der Waals surface area contributed by atoms with Gasteiger partial charge in [0.25, 0.3) is 0 Å². The fourth-order valence-corrected chi connectivity index (χ4v) is 5.15. The Bertz CT molecular complexity index is 1020. The number of aromatic nitrogens is 2. The van der Waals surface area contributed by atoms with Crippen LogP contribution < -0.4 is 9.80 Å². The number of phenolic OH excluding ortho intramolecular Hbond substituents is 1. The molecule has 0 bridgehead atoms. The Hall–Kier alpha value is -2.38. The third kappa shape index (κ3) is 3.96. The molecule has 160 valence electrons. The predicted octanol–water partition coefficient (Wildman–Crippen LogP) is 4.18. The molecule has 0 saturated carbocycles. The molecule has 0 spiro atoms. The van der Waals surface area contributed by atoms with Crippen LogP contribution in [0.1, 0.15) is 30.1 Å². The van der Waals surface area contributed by atoms with Crippen molar-refractivity contribution >= 4 is 33.1 Å². The van der Waals surface area contributed by atoms with Gasteiger partial charge in [0.15, 0.2) is 0 Å². The molecule has 4 rings (SSSR count). The molecule has 3 heterocycles. The van der Waals surface area contributed by atoms with Gasteiger partial charge in [-0.05, 0) is 44.6 Å². The Labute approximate surface area is 182 Å². The minimum absolute atomic E-state index is 0.348. The Balaban J connectivity index is 1.63. The van der Waals surface area contributed by atoms with Crippen LogP contribution in [0.4, 0.5) is 11.5 Å². The largest absolute Gasteiger partial charge is 0.506 e. The van der Waals surface area contributed by atoms with E-state index < -0.39 is 0 Å². The molecular formula is C23H31N5OS. The summed E-state index contributed by atoms with van der Waals surface area (Å²) >= 11 is 1.77.